The summed E-state index contributed by atoms with van der Waals surface area (Å²) in [5, 5.41) is 5.79. The summed E-state index contributed by atoms with van der Waals surface area (Å²) in [6.07, 6.45) is 3.42. The predicted octanol–water partition coefficient (Wildman–Crippen LogP) is 1.40. The Bertz CT molecular complexity index is 533. The second kappa shape index (κ2) is 9.42. The van der Waals surface area contributed by atoms with E-state index in [1.54, 1.807) is 0 Å². The maximum Gasteiger partial charge on any atom is 0.279 e. The molecule has 1 atom stereocenters. The molecular formula is C19H32N3O2+. The first-order chi connectivity index (χ1) is 11.2. The van der Waals surface area contributed by atoms with Crippen LogP contribution in [-0.4, -0.2) is 37.5 Å². The number of carbonyl (C=O) groups excluding carboxylic acids is 2. The molecule has 24 heavy (non-hydrogen) atoms. The van der Waals surface area contributed by atoms with Crippen molar-refractivity contribution in [3.05, 3.63) is 29.8 Å². The Labute approximate surface area is 145 Å². The van der Waals surface area contributed by atoms with Crippen molar-refractivity contribution in [2.75, 3.05) is 25.5 Å². The second-order valence-corrected chi connectivity index (χ2v) is 7.46. The number of hydrogen-bond donors (Lipinski definition) is 3. The number of quaternary nitrogens is 1. The van der Waals surface area contributed by atoms with Gasteiger partial charge in [0.25, 0.3) is 11.8 Å². The Morgan fingerprint density at radius 2 is 1.62 bits per heavy atom. The van der Waals surface area contributed by atoms with E-state index >= 15 is 0 Å². The zero-order valence-electron chi connectivity index (χ0n) is 15.7. The zero-order valence-corrected chi connectivity index (χ0v) is 15.7. The number of aryl methyl sites for hydroxylation is 1. The molecule has 3 N–H and O–H groups in total. The second-order valence-electron chi connectivity index (χ2n) is 7.46. The average Bonchev–Trinajstić information content (AvgIpc) is 2.44. The van der Waals surface area contributed by atoms with Gasteiger partial charge in [-0.3, -0.25) is 9.59 Å². The lowest BCUT2D eigenvalue weighted by Gasteiger charge is -2.21. The largest absolute Gasteiger partial charge is 0.347 e. The summed E-state index contributed by atoms with van der Waals surface area (Å²) in [5.41, 5.74) is 1.84. The average molecular weight is 334 g/mol. The Kier molecular flexibility index (Phi) is 7.92. The number of anilines is 1. The molecule has 5 heteroatoms. The van der Waals surface area contributed by atoms with E-state index in [4.69, 9.17) is 0 Å². The molecule has 0 aromatic heterocycles. The summed E-state index contributed by atoms with van der Waals surface area (Å²) in [5.74, 6) is -0.134. The molecule has 134 valence electrons. The summed E-state index contributed by atoms with van der Waals surface area (Å²) >= 11 is 0. The summed E-state index contributed by atoms with van der Waals surface area (Å²) in [6, 6.07) is 7.98. The van der Waals surface area contributed by atoms with Gasteiger partial charge < -0.3 is 15.5 Å². The van der Waals surface area contributed by atoms with E-state index < -0.39 is 0 Å². The number of carbonyl (C=O) groups is 2. The van der Waals surface area contributed by atoms with Crippen LogP contribution in [-0.2, 0) is 16.0 Å². The Balaban J connectivity index is 2.41. The highest BCUT2D eigenvalue weighted by molar-refractivity contribution is 5.91. The third kappa shape index (κ3) is 8.67. The molecule has 0 aliphatic heterocycles. The van der Waals surface area contributed by atoms with Crippen LogP contribution in [0.5, 0.6) is 0 Å². The van der Waals surface area contributed by atoms with Gasteiger partial charge >= 0.3 is 0 Å². The van der Waals surface area contributed by atoms with Crippen LogP contribution in [0.1, 0.15) is 46.1 Å². The summed E-state index contributed by atoms with van der Waals surface area (Å²) in [7, 11) is 1.84. The molecule has 0 spiro atoms. The van der Waals surface area contributed by atoms with Crippen LogP contribution in [0.4, 0.5) is 5.69 Å². The van der Waals surface area contributed by atoms with Crippen LogP contribution >= 0.6 is 0 Å². The van der Waals surface area contributed by atoms with E-state index in [0.29, 0.717) is 0 Å². The first kappa shape index (κ1) is 20.2. The van der Waals surface area contributed by atoms with E-state index in [-0.39, 0.29) is 30.4 Å². The van der Waals surface area contributed by atoms with Gasteiger partial charge in [0, 0.05) is 11.2 Å². The molecule has 0 aliphatic carbocycles. The van der Waals surface area contributed by atoms with Gasteiger partial charge in [0.15, 0.2) is 13.1 Å². The van der Waals surface area contributed by atoms with Gasteiger partial charge in [-0.05, 0) is 51.3 Å². The van der Waals surface area contributed by atoms with Gasteiger partial charge in [0.2, 0.25) is 0 Å². The van der Waals surface area contributed by atoms with Gasteiger partial charge in [-0.15, -0.1) is 0 Å². The smallest absolute Gasteiger partial charge is 0.279 e. The van der Waals surface area contributed by atoms with Crippen molar-refractivity contribution in [3.63, 3.8) is 0 Å². The highest BCUT2D eigenvalue weighted by atomic mass is 16.2. The summed E-state index contributed by atoms with van der Waals surface area (Å²) < 4.78 is 0. The van der Waals surface area contributed by atoms with Crippen molar-refractivity contribution in [2.24, 2.45) is 0 Å². The predicted molar refractivity (Wildman–Crippen MR) is 98.2 cm³/mol. The number of benzene rings is 1. The molecule has 1 rings (SSSR count). The lowest BCUT2D eigenvalue weighted by molar-refractivity contribution is -0.862. The van der Waals surface area contributed by atoms with E-state index in [1.807, 2.05) is 40.0 Å². The van der Waals surface area contributed by atoms with Crippen molar-refractivity contribution in [1.82, 2.24) is 5.32 Å². The molecule has 0 bridgehead atoms. The molecule has 0 radical (unpaired) electrons. The van der Waals surface area contributed by atoms with Crippen LogP contribution in [0.25, 0.3) is 0 Å². The van der Waals surface area contributed by atoms with Crippen LogP contribution in [0, 0.1) is 0 Å². The topological polar surface area (TPSA) is 62.6 Å². The normalized spacial score (nSPS) is 12.5. The highest BCUT2D eigenvalue weighted by Crippen LogP contribution is 2.11. The van der Waals surface area contributed by atoms with E-state index in [0.717, 1.165) is 17.0 Å². The summed E-state index contributed by atoms with van der Waals surface area (Å²) in [4.78, 5) is 24.8. The fourth-order valence-electron chi connectivity index (χ4n) is 2.41. The minimum absolute atomic E-state index is 0.0481. The van der Waals surface area contributed by atoms with Crippen LogP contribution in [0.3, 0.4) is 0 Å². The molecule has 1 aromatic rings. The van der Waals surface area contributed by atoms with Crippen molar-refractivity contribution in [2.45, 2.75) is 52.5 Å². The molecule has 2 amide bonds. The van der Waals surface area contributed by atoms with Gasteiger partial charge in [-0.2, -0.15) is 0 Å². The fourth-order valence-corrected chi connectivity index (χ4v) is 2.41. The third-order valence-electron chi connectivity index (χ3n) is 3.50. The Morgan fingerprint density at radius 1 is 1.04 bits per heavy atom. The lowest BCUT2D eigenvalue weighted by atomic mass is 10.1. The number of unbranched alkanes of at least 4 members (excludes halogenated alkanes) is 1. The van der Waals surface area contributed by atoms with Gasteiger partial charge in [0.05, 0.1) is 7.05 Å². The molecule has 1 aromatic carbocycles. The Hall–Kier alpha value is -1.88. The number of likely N-dealkylation sites (N-methyl/N-ethyl adjacent to an activating group) is 1. The van der Waals surface area contributed by atoms with Gasteiger partial charge in [-0.1, -0.05) is 25.5 Å². The van der Waals surface area contributed by atoms with Crippen LogP contribution in [0.15, 0.2) is 24.3 Å². The number of hydrogen-bond acceptors (Lipinski definition) is 2. The first-order valence-corrected chi connectivity index (χ1v) is 8.70. The van der Waals surface area contributed by atoms with Crippen molar-refractivity contribution in [1.29, 1.82) is 0 Å². The van der Waals surface area contributed by atoms with E-state index in [2.05, 4.69) is 29.7 Å². The number of nitrogens with one attached hydrogen (secondary N) is 3. The molecule has 0 saturated heterocycles. The zero-order chi connectivity index (χ0) is 18.2. The Morgan fingerprint density at radius 3 is 2.17 bits per heavy atom. The van der Waals surface area contributed by atoms with E-state index in [1.165, 1.54) is 18.4 Å². The molecule has 0 fully saturated rings. The quantitative estimate of drug-likeness (QED) is 0.673. The van der Waals surface area contributed by atoms with Gasteiger partial charge in [-0.25, -0.2) is 0 Å². The highest BCUT2D eigenvalue weighted by Gasteiger charge is 2.18. The molecule has 1 unspecified atom stereocenters. The molecular weight excluding hydrogens is 302 g/mol. The maximum atomic E-state index is 12.1. The standard InChI is InChI=1S/C19H31N3O2/c1-6-7-8-15-9-11-16(12-10-15)20-17(23)13-22(5)14-18(24)21-19(2,3)4/h9-12H,6-8,13-14H2,1-5H3,(H,20,23)(H,21,24)/p+1. The number of amides is 2. The van der Waals surface area contributed by atoms with Gasteiger partial charge in [0.1, 0.15) is 0 Å². The molecule has 0 aliphatic rings. The third-order valence-corrected chi connectivity index (χ3v) is 3.50. The van der Waals surface area contributed by atoms with E-state index in [9.17, 15) is 9.59 Å². The lowest BCUT2D eigenvalue weighted by Crippen LogP contribution is -3.11. The van der Waals surface area contributed by atoms with Crippen LogP contribution in [0.2, 0.25) is 0 Å². The minimum Gasteiger partial charge on any atom is -0.347 e. The number of rotatable bonds is 8. The minimum atomic E-state index is -0.251. The monoisotopic (exact) mass is 334 g/mol. The fraction of sp³-hybridized carbons (Fsp3) is 0.579. The van der Waals surface area contributed by atoms with Crippen molar-refractivity contribution < 1.29 is 14.5 Å². The molecule has 0 saturated carbocycles. The molecule has 0 heterocycles. The van der Waals surface area contributed by atoms with Crippen molar-refractivity contribution in [3.8, 4) is 0 Å². The summed E-state index contributed by atoms with van der Waals surface area (Å²) in [6.45, 7) is 8.54. The maximum absolute atomic E-state index is 12.1. The first-order valence-electron chi connectivity index (χ1n) is 8.70. The van der Waals surface area contributed by atoms with Crippen molar-refractivity contribution >= 4 is 17.5 Å². The van der Waals surface area contributed by atoms with Crippen LogP contribution < -0.4 is 15.5 Å². The molecule has 5 nitrogen and oxygen atoms in total. The SMILES string of the molecule is CCCCc1ccc(NC(=O)C[NH+](C)CC(=O)NC(C)(C)C)cc1.